The Morgan fingerprint density at radius 1 is 1.48 bits per heavy atom. The van der Waals surface area contributed by atoms with Crippen LogP contribution in [0, 0.1) is 10.1 Å². The second-order valence-electron chi connectivity index (χ2n) is 5.33. The maximum Gasteiger partial charge on any atom is 0.338 e. The Morgan fingerprint density at radius 3 is 2.84 bits per heavy atom. The zero-order valence-corrected chi connectivity index (χ0v) is 13.4. The second-order valence-corrected chi connectivity index (χ2v) is 5.33. The lowest BCUT2D eigenvalue weighted by molar-refractivity contribution is -0.384. The summed E-state index contributed by atoms with van der Waals surface area (Å²) in [4.78, 5) is 27.0. The van der Waals surface area contributed by atoms with E-state index >= 15 is 0 Å². The number of rotatable bonds is 5. The van der Waals surface area contributed by atoms with Gasteiger partial charge in [-0.2, -0.15) is 10.1 Å². The van der Waals surface area contributed by atoms with Gasteiger partial charge in [-0.3, -0.25) is 10.1 Å². The van der Waals surface area contributed by atoms with E-state index in [2.05, 4.69) is 22.0 Å². The fourth-order valence-electron chi connectivity index (χ4n) is 2.65. The van der Waals surface area contributed by atoms with Crippen molar-refractivity contribution in [3.63, 3.8) is 0 Å². The van der Waals surface area contributed by atoms with Crippen molar-refractivity contribution in [1.82, 2.24) is 14.8 Å². The SMILES string of the molecule is C=CCOC(=O)C1=C(C)Nc2ncnn2C1c1ccc([N+](=O)[O-])cc1. The lowest BCUT2D eigenvalue weighted by atomic mass is 9.95. The number of aromatic nitrogens is 3. The lowest BCUT2D eigenvalue weighted by Crippen LogP contribution is -2.29. The maximum atomic E-state index is 12.5. The normalized spacial score (nSPS) is 16.0. The van der Waals surface area contributed by atoms with Crippen LogP contribution in [0.25, 0.3) is 0 Å². The Bertz CT molecular complexity index is 869. The maximum absolute atomic E-state index is 12.5. The standard InChI is InChI=1S/C16H15N5O4/c1-3-8-25-15(22)13-10(2)19-16-17-9-18-20(16)14(13)11-4-6-12(7-5-11)21(23)24/h3-7,9,14H,1,8H2,2H3,(H,17,18,19). The molecule has 2 aromatic rings. The van der Waals surface area contributed by atoms with Crippen LogP contribution in [-0.4, -0.2) is 32.3 Å². The topological polar surface area (TPSA) is 112 Å². The van der Waals surface area contributed by atoms with Crippen LogP contribution in [0.1, 0.15) is 18.5 Å². The molecule has 0 spiro atoms. The fourth-order valence-corrected chi connectivity index (χ4v) is 2.65. The molecule has 0 saturated carbocycles. The van der Waals surface area contributed by atoms with Gasteiger partial charge in [-0.1, -0.05) is 12.7 Å². The van der Waals surface area contributed by atoms with E-state index < -0.39 is 16.9 Å². The van der Waals surface area contributed by atoms with Crippen LogP contribution in [0.2, 0.25) is 0 Å². The molecule has 1 aliphatic heterocycles. The first-order chi connectivity index (χ1) is 12.0. The van der Waals surface area contributed by atoms with Gasteiger partial charge in [0.2, 0.25) is 5.95 Å². The van der Waals surface area contributed by atoms with Crippen molar-refractivity contribution in [2.75, 3.05) is 11.9 Å². The molecule has 25 heavy (non-hydrogen) atoms. The quantitative estimate of drug-likeness (QED) is 0.384. The van der Waals surface area contributed by atoms with Gasteiger partial charge in [0.05, 0.1) is 10.5 Å². The Morgan fingerprint density at radius 2 is 2.20 bits per heavy atom. The summed E-state index contributed by atoms with van der Waals surface area (Å²) in [6, 6.07) is 5.35. The predicted octanol–water partition coefficient (Wildman–Crippen LogP) is 2.20. The van der Waals surface area contributed by atoms with Crippen LogP contribution < -0.4 is 5.32 Å². The van der Waals surface area contributed by atoms with Crippen molar-refractivity contribution < 1.29 is 14.5 Å². The molecule has 0 fully saturated rings. The highest BCUT2D eigenvalue weighted by Crippen LogP contribution is 2.35. The van der Waals surface area contributed by atoms with E-state index in [1.165, 1.54) is 24.5 Å². The Labute approximate surface area is 142 Å². The van der Waals surface area contributed by atoms with E-state index in [1.54, 1.807) is 23.7 Å². The summed E-state index contributed by atoms with van der Waals surface area (Å²) in [5, 5.41) is 18.0. The monoisotopic (exact) mass is 341 g/mol. The molecule has 0 bridgehead atoms. The van der Waals surface area contributed by atoms with Gasteiger partial charge < -0.3 is 10.1 Å². The third-order valence-corrected chi connectivity index (χ3v) is 3.77. The van der Waals surface area contributed by atoms with Gasteiger partial charge >= 0.3 is 5.97 Å². The first-order valence-electron chi connectivity index (χ1n) is 7.42. The minimum absolute atomic E-state index is 0.0343. The predicted molar refractivity (Wildman–Crippen MR) is 88.7 cm³/mol. The van der Waals surface area contributed by atoms with Crippen molar-refractivity contribution in [3.8, 4) is 0 Å². The number of hydrogen-bond acceptors (Lipinski definition) is 7. The van der Waals surface area contributed by atoms with Crippen LogP contribution in [0.5, 0.6) is 0 Å². The first-order valence-corrected chi connectivity index (χ1v) is 7.42. The largest absolute Gasteiger partial charge is 0.458 e. The molecular weight excluding hydrogens is 326 g/mol. The summed E-state index contributed by atoms with van der Waals surface area (Å²) >= 11 is 0. The number of allylic oxidation sites excluding steroid dienone is 1. The van der Waals surface area contributed by atoms with Gasteiger partial charge in [-0.05, 0) is 24.6 Å². The van der Waals surface area contributed by atoms with E-state index in [1.807, 2.05) is 0 Å². The van der Waals surface area contributed by atoms with Crippen molar-refractivity contribution in [2.45, 2.75) is 13.0 Å². The molecule has 3 rings (SSSR count). The number of non-ortho nitro benzene ring substituents is 1. The van der Waals surface area contributed by atoms with Crippen LogP contribution in [-0.2, 0) is 9.53 Å². The van der Waals surface area contributed by atoms with E-state index in [9.17, 15) is 14.9 Å². The van der Waals surface area contributed by atoms with E-state index in [0.717, 1.165) is 0 Å². The smallest absolute Gasteiger partial charge is 0.338 e. The average Bonchev–Trinajstić information content (AvgIpc) is 3.06. The number of carbonyl (C=O) groups is 1. The number of nitro benzene ring substituents is 1. The zero-order valence-electron chi connectivity index (χ0n) is 13.4. The van der Waals surface area contributed by atoms with Gasteiger partial charge in [-0.15, -0.1) is 0 Å². The number of benzene rings is 1. The second kappa shape index (κ2) is 6.56. The molecule has 1 aliphatic rings. The molecule has 0 amide bonds. The molecule has 9 nitrogen and oxygen atoms in total. The van der Waals surface area contributed by atoms with Crippen molar-refractivity contribution in [1.29, 1.82) is 0 Å². The number of nitrogens with one attached hydrogen (secondary N) is 1. The highest BCUT2D eigenvalue weighted by molar-refractivity contribution is 5.92. The summed E-state index contributed by atoms with van der Waals surface area (Å²) in [6.07, 6.45) is 2.85. The lowest BCUT2D eigenvalue weighted by Gasteiger charge is -2.28. The number of nitro groups is 1. The average molecular weight is 341 g/mol. The summed E-state index contributed by atoms with van der Waals surface area (Å²) in [5.74, 6) is -0.0458. The number of esters is 1. The van der Waals surface area contributed by atoms with E-state index in [-0.39, 0.29) is 12.3 Å². The molecule has 0 radical (unpaired) electrons. The summed E-state index contributed by atoms with van der Waals surface area (Å²) in [6.45, 7) is 5.34. The molecule has 2 heterocycles. The van der Waals surface area contributed by atoms with Crippen molar-refractivity contribution >= 4 is 17.6 Å². The number of nitrogens with zero attached hydrogens (tertiary/aromatic N) is 4. The Hall–Kier alpha value is -3.49. The molecule has 0 saturated heterocycles. The van der Waals surface area contributed by atoms with Crippen molar-refractivity contribution in [3.05, 3.63) is 70.2 Å². The molecular formula is C16H15N5O4. The number of anilines is 1. The van der Waals surface area contributed by atoms with Gasteiger partial charge in [0.1, 0.15) is 19.0 Å². The zero-order chi connectivity index (χ0) is 18.0. The molecule has 1 atom stereocenters. The molecule has 9 heteroatoms. The van der Waals surface area contributed by atoms with Crippen molar-refractivity contribution in [2.24, 2.45) is 0 Å². The fraction of sp³-hybridized carbons (Fsp3) is 0.188. The minimum Gasteiger partial charge on any atom is -0.458 e. The molecule has 128 valence electrons. The number of hydrogen-bond donors (Lipinski definition) is 1. The third-order valence-electron chi connectivity index (χ3n) is 3.77. The summed E-state index contributed by atoms with van der Waals surface area (Å²) in [5.41, 5.74) is 1.56. The molecule has 1 aromatic heterocycles. The molecule has 1 N–H and O–H groups in total. The number of ether oxygens (including phenoxy) is 1. The summed E-state index contributed by atoms with van der Waals surface area (Å²) < 4.78 is 6.72. The first kappa shape index (κ1) is 16.4. The molecule has 1 unspecified atom stereocenters. The van der Waals surface area contributed by atoms with Gasteiger partial charge in [0, 0.05) is 17.8 Å². The van der Waals surface area contributed by atoms with Gasteiger partial charge in [0.15, 0.2) is 0 Å². The highest BCUT2D eigenvalue weighted by Gasteiger charge is 2.34. The highest BCUT2D eigenvalue weighted by atomic mass is 16.6. The van der Waals surface area contributed by atoms with Crippen LogP contribution in [0.15, 0.2) is 54.5 Å². The van der Waals surface area contributed by atoms with Gasteiger partial charge in [-0.25, -0.2) is 9.48 Å². The third kappa shape index (κ3) is 2.99. The Kier molecular flexibility index (Phi) is 4.29. The number of fused-ring (bicyclic) bond motifs is 1. The van der Waals surface area contributed by atoms with Crippen LogP contribution in [0.3, 0.4) is 0 Å². The van der Waals surface area contributed by atoms with E-state index in [0.29, 0.717) is 22.8 Å². The molecule has 0 aliphatic carbocycles. The van der Waals surface area contributed by atoms with Gasteiger partial charge in [0.25, 0.3) is 5.69 Å². The summed E-state index contributed by atoms with van der Waals surface area (Å²) in [7, 11) is 0. The minimum atomic E-state index is -0.600. The number of carbonyl (C=O) groups excluding carboxylic acids is 1. The van der Waals surface area contributed by atoms with Crippen LogP contribution >= 0.6 is 0 Å². The molecule has 1 aromatic carbocycles. The van der Waals surface area contributed by atoms with E-state index in [4.69, 9.17) is 4.74 Å². The Balaban J connectivity index is 2.07. The van der Waals surface area contributed by atoms with Crippen LogP contribution in [0.4, 0.5) is 11.6 Å².